The summed E-state index contributed by atoms with van der Waals surface area (Å²) in [5.74, 6) is -2.59. The first-order chi connectivity index (χ1) is 18.5. The number of pyridine rings is 1. The molecule has 0 fully saturated rings. The van der Waals surface area contributed by atoms with Crippen molar-refractivity contribution in [3.63, 3.8) is 0 Å². The van der Waals surface area contributed by atoms with Crippen LogP contribution in [0.1, 0.15) is 35.9 Å². The number of ether oxygens (including phenoxy) is 1. The van der Waals surface area contributed by atoms with Crippen LogP contribution >= 0.6 is 0 Å². The lowest BCUT2D eigenvalue weighted by molar-refractivity contribution is -0.143. The normalized spacial score (nSPS) is 11.8. The highest BCUT2D eigenvalue weighted by Gasteiger charge is 2.41. The molecule has 2 N–H and O–H groups in total. The monoisotopic (exact) mass is 542 g/mol. The number of alkyl halides is 3. The van der Waals surface area contributed by atoms with Gasteiger partial charge in [0.2, 0.25) is 0 Å². The molecule has 0 saturated heterocycles. The number of imidazole rings is 1. The molecule has 0 aliphatic carbocycles. The molecular weight excluding hydrogens is 524 g/mol. The van der Waals surface area contributed by atoms with Gasteiger partial charge in [-0.1, -0.05) is 0 Å². The Morgan fingerprint density at radius 1 is 1.08 bits per heavy atom. The fraction of sp³-hybridized carbons (Fsp3) is 0.167. The second-order valence-corrected chi connectivity index (χ2v) is 8.47. The van der Waals surface area contributed by atoms with Gasteiger partial charge in [-0.2, -0.15) is 23.0 Å². The number of hydrogen-bond donors (Lipinski definition) is 2. The fourth-order valence-corrected chi connectivity index (χ4v) is 3.92. The first-order valence-corrected chi connectivity index (χ1v) is 11.3. The topological polar surface area (TPSA) is 133 Å². The summed E-state index contributed by atoms with van der Waals surface area (Å²) < 4.78 is 64.0. The Morgan fingerprint density at radius 2 is 1.82 bits per heavy atom. The zero-order chi connectivity index (χ0) is 27.9. The number of aromatic nitrogens is 7. The Labute approximate surface area is 216 Å². The summed E-state index contributed by atoms with van der Waals surface area (Å²) in [6, 6.07) is 5.94. The minimum atomic E-state index is -4.98. The maximum Gasteiger partial charge on any atom is 0.434 e. The van der Waals surface area contributed by atoms with Crippen LogP contribution in [-0.4, -0.2) is 40.2 Å². The zero-order valence-corrected chi connectivity index (χ0v) is 20.2. The summed E-state index contributed by atoms with van der Waals surface area (Å²) in [7, 11) is 0. The van der Waals surface area contributed by atoms with Gasteiger partial charge in [-0.25, -0.2) is 24.1 Å². The van der Waals surface area contributed by atoms with E-state index in [0.29, 0.717) is 10.2 Å². The SMILES string of the molecule is CC(C)n1c(=O)[nH]c2nccc(Oc3ccc(NC(=O)c4cnn(-c5ncccn5)c4C(F)(F)F)cc3F)c21. The number of aromatic amines is 1. The van der Waals surface area contributed by atoms with Crippen LogP contribution in [0.25, 0.3) is 17.1 Å². The van der Waals surface area contributed by atoms with E-state index in [1.165, 1.54) is 47.4 Å². The predicted octanol–water partition coefficient (Wildman–Crippen LogP) is 4.48. The van der Waals surface area contributed by atoms with Crippen LogP contribution in [0, 0.1) is 5.82 Å². The third-order valence-corrected chi connectivity index (χ3v) is 5.52. The van der Waals surface area contributed by atoms with E-state index in [9.17, 15) is 27.2 Å². The highest BCUT2D eigenvalue weighted by molar-refractivity contribution is 6.05. The van der Waals surface area contributed by atoms with Crippen molar-refractivity contribution in [3.8, 4) is 17.4 Å². The first kappa shape index (κ1) is 25.6. The number of H-pyrrole nitrogens is 1. The highest BCUT2D eigenvalue weighted by Crippen LogP contribution is 2.34. The molecule has 4 aromatic heterocycles. The Morgan fingerprint density at radius 3 is 2.49 bits per heavy atom. The molecule has 4 heterocycles. The third-order valence-electron chi connectivity index (χ3n) is 5.52. The van der Waals surface area contributed by atoms with E-state index in [0.717, 1.165) is 12.3 Å². The van der Waals surface area contributed by atoms with Crippen molar-refractivity contribution in [1.82, 2.24) is 34.3 Å². The van der Waals surface area contributed by atoms with Crippen molar-refractivity contribution in [2.24, 2.45) is 0 Å². The van der Waals surface area contributed by atoms with E-state index in [1.807, 2.05) is 0 Å². The van der Waals surface area contributed by atoms with E-state index >= 15 is 0 Å². The molecule has 39 heavy (non-hydrogen) atoms. The molecule has 200 valence electrons. The summed E-state index contributed by atoms with van der Waals surface area (Å²) in [6.07, 6.45) is -0.418. The number of benzene rings is 1. The van der Waals surface area contributed by atoms with Crippen molar-refractivity contribution >= 4 is 22.8 Å². The molecule has 0 radical (unpaired) electrons. The van der Waals surface area contributed by atoms with Gasteiger partial charge in [-0.15, -0.1) is 0 Å². The minimum absolute atomic E-state index is 0.137. The molecule has 15 heteroatoms. The number of hydrogen-bond acceptors (Lipinski definition) is 7. The molecule has 0 aliphatic heterocycles. The standard InChI is InChI=1S/C24H18F4N8O3/c1-12(2)35-18-17(6-9-29-20(18)34-23(35)38)39-16-5-4-13(10-15(16)25)33-21(37)14-11-32-36(19(14)24(26,27)28)22-30-7-3-8-31-22/h3-12H,1-2H3,(H,33,37)(H,29,34,38). The largest absolute Gasteiger partial charge is 0.452 e. The highest BCUT2D eigenvalue weighted by atomic mass is 19.4. The van der Waals surface area contributed by atoms with Crippen molar-refractivity contribution < 1.29 is 27.1 Å². The number of anilines is 1. The number of nitrogens with zero attached hydrogens (tertiary/aromatic N) is 6. The Balaban J connectivity index is 1.43. The van der Waals surface area contributed by atoms with Gasteiger partial charge in [-0.3, -0.25) is 14.3 Å². The van der Waals surface area contributed by atoms with E-state index in [4.69, 9.17) is 4.74 Å². The second kappa shape index (κ2) is 9.66. The fourth-order valence-electron chi connectivity index (χ4n) is 3.92. The van der Waals surface area contributed by atoms with Gasteiger partial charge < -0.3 is 10.1 Å². The molecule has 1 amide bonds. The summed E-state index contributed by atoms with van der Waals surface area (Å²) in [5, 5.41) is 5.86. The van der Waals surface area contributed by atoms with Crippen LogP contribution in [0.5, 0.6) is 11.5 Å². The summed E-state index contributed by atoms with van der Waals surface area (Å²) in [4.78, 5) is 39.2. The average Bonchev–Trinajstić information content (AvgIpc) is 3.48. The van der Waals surface area contributed by atoms with Crippen LogP contribution < -0.4 is 15.7 Å². The summed E-state index contributed by atoms with van der Waals surface area (Å²) in [5.41, 5.74) is -2.18. The molecule has 11 nitrogen and oxygen atoms in total. The molecule has 0 spiro atoms. The van der Waals surface area contributed by atoms with Gasteiger partial charge in [0.25, 0.3) is 11.9 Å². The predicted molar refractivity (Wildman–Crippen MR) is 129 cm³/mol. The van der Waals surface area contributed by atoms with Crippen LogP contribution in [0.4, 0.5) is 23.2 Å². The third kappa shape index (κ3) is 4.81. The number of carbonyl (C=O) groups is 1. The Kier molecular flexibility index (Phi) is 6.33. The van der Waals surface area contributed by atoms with E-state index < -0.39 is 34.8 Å². The lowest BCUT2D eigenvalue weighted by atomic mass is 10.2. The minimum Gasteiger partial charge on any atom is -0.452 e. The lowest BCUT2D eigenvalue weighted by Crippen LogP contribution is -2.21. The number of carbonyl (C=O) groups excluding carboxylic acids is 1. The van der Waals surface area contributed by atoms with Crippen LogP contribution in [0.3, 0.4) is 0 Å². The van der Waals surface area contributed by atoms with Crippen LogP contribution in [0.2, 0.25) is 0 Å². The van der Waals surface area contributed by atoms with Crippen molar-refractivity contribution in [1.29, 1.82) is 0 Å². The number of fused-ring (bicyclic) bond motifs is 1. The second-order valence-electron chi connectivity index (χ2n) is 8.47. The lowest BCUT2D eigenvalue weighted by Gasteiger charge is -2.13. The molecular formula is C24H18F4N8O3. The zero-order valence-electron chi connectivity index (χ0n) is 20.2. The van der Waals surface area contributed by atoms with Crippen molar-refractivity contribution in [3.05, 3.63) is 82.7 Å². The maximum absolute atomic E-state index is 15.0. The van der Waals surface area contributed by atoms with Crippen LogP contribution in [0.15, 0.2) is 59.9 Å². The van der Waals surface area contributed by atoms with Crippen molar-refractivity contribution in [2.75, 3.05) is 5.32 Å². The van der Waals surface area contributed by atoms with Crippen LogP contribution in [-0.2, 0) is 6.18 Å². The van der Waals surface area contributed by atoms with Gasteiger partial charge in [-0.05, 0) is 32.0 Å². The Hall–Kier alpha value is -5.08. The molecule has 0 saturated carbocycles. The quantitative estimate of drug-likeness (QED) is 0.302. The van der Waals surface area contributed by atoms with Gasteiger partial charge >= 0.3 is 11.9 Å². The molecule has 0 unspecified atom stereocenters. The smallest absolute Gasteiger partial charge is 0.434 e. The van der Waals surface area contributed by atoms with E-state index in [2.05, 4.69) is 30.4 Å². The molecule has 5 rings (SSSR count). The average molecular weight is 542 g/mol. The number of halogens is 4. The Bertz CT molecular complexity index is 1740. The molecule has 0 aliphatic rings. The van der Waals surface area contributed by atoms with Gasteiger partial charge in [0.15, 0.2) is 28.7 Å². The number of nitrogens with one attached hydrogen (secondary N) is 2. The van der Waals surface area contributed by atoms with Crippen molar-refractivity contribution in [2.45, 2.75) is 26.1 Å². The molecule has 0 atom stereocenters. The molecule has 1 aromatic carbocycles. The van der Waals surface area contributed by atoms with Gasteiger partial charge in [0.05, 0.1) is 11.8 Å². The van der Waals surface area contributed by atoms with E-state index in [1.54, 1.807) is 13.8 Å². The van der Waals surface area contributed by atoms with Gasteiger partial charge in [0, 0.05) is 42.5 Å². The summed E-state index contributed by atoms with van der Waals surface area (Å²) >= 11 is 0. The number of amides is 1. The summed E-state index contributed by atoms with van der Waals surface area (Å²) in [6.45, 7) is 3.56. The number of rotatable bonds is 6. The maximum atomic E-state index is 15.0. The van der Waals surface area contributed by atoms with Gasteiger partial charge in [0.1, 0.15) is 5.52 Å². The molecule has 0 bridgehead atoms. The van der Waals surface area contributed by atoms with E-state index in [-0.39, 0.29) is 34.8 Å². The molecule has 5 aromatic rings. The first-order valence-electron chi connectivity index (χ1n) is 11.3.